The topological polar surface area (TPSA) is 67.1 Å². The number of benzene rings is 2. The maximum atomic E-state index is 12.4. The van der Waals surface area contributed by atoms with Crippen LogP contribution in [0.4, 0.5) is 0 Å². The summed E-state index contributed by atoms with van der Waals surface area (Å²) in [5.74, 6) is 1.92. The first kappa shape index (κ1) is 18.4. The van der Waals surface area contributed by atoms with Crippen LogP contribution in [0.15, 0.2) is 59.0 Å². The number of hydrogen-bond acceptors (Lipinski definition) is 6. The first-order chi connectivity index (χ1) is 13.2. The normalized spacial score (nSPS) is 10.3. The third-order valence-electron chi connectivity index (χ3n) is 3.97. The van der Waals surface area contributed by atoms with Crippen LogP contribution in [0.2, 0.25) is 0 Å². The van der Waals surface area contributed by atoms with Gasteiger partial charge in [0, 0.05) is 5.56 Å². The van der Waals surface area contributed by atoms with Gasteiger partial charge in [0.25, 0.3) is 0 Å². The summed E-state index contributed by atoms with van der Waals surface area (Å²) in [7, 11) is 4.47. The van der Waals surface area contributed by atoms with Gasteiger partial charge in [0.2, 0.25) is 5.75 Å². The SMILES string of the molecule is COc1cc(C(=O)OCc2ccc(-c3ccccc3)o2)cc(OC)c1OC. The average Bonchev–Trinajstić information content (AvgIpc) is 3.20. The minimum Gasteiger partial charge on any atom is -0.493 e. The van der Waals surface area contributed by atoms with E-state index in [1.165, 1.54) is 21.3 Å². The minimum atomic E-state index is -0.521. The molecule has 0 N–H and O–H groups in total. The zero-order chi connectivity index (χ0) is 19.2. The van der Waals surface area contributed by atoms with Gasteiger partial charge in [-0.1, -0.05) is 30.3 Å². The van der Waals surface area contributed by atoms with Crippen molar-refractivity contribution in [2.45, 2.75) is 6.61 Å². The molecule has 27 heavy (non-hydrogen) atoms. The molecule has 0 unspecified atom stereocenters. The Kier molecular flexibility index (Phi) is 5.66. The van der Waals surface area contributed by atoms with Crippen molar-refractivity contribution in [1.82, 2.24) is 0 Å². The molecule has 0 spiro atoms. The van der Waals surface area contributed by atoms with Crippen LogP contribution in [0.3, 0.4) is 0 Å². The Morgan fingerprint density at radius 1 is 0.889 bits per heavy atom. The molecule has 0 radical (unpaired) electrons. The van der Waals surface area contributed by atoms with Gasteiger partial charge < -0.3 is 23.4 Å². The Labute approximate surface area is 157 Å². The number of methoxy groups -OCH3 is 3. The van der Waals surface area contributed by atoms with Crippen LogP contribution in [0.1, 0.15) is 16.1 Å². The lowest BCUT2D eigenvalue weighted by atomic mass is 10.2. The largest absolute Gasteiger partial charge is 0.493 e. The second-order valence-corrected chi connectivity index (χ2v) is 5.62. The molecule has 0 amide bonds. The van der Waals surface area contributed by atoms with E-state index in [2.05, 4.69) is 0 Å². The van der Waals surface area contributed by atoms with E-state index in [4.69, 9.17) is 23.4 Å². The molecule has 1 heterocycles. The molecule has 0 aliphatic rings. The zero-order valence-corrected chi connectivity index (χ0v) is 15.4. The predicted octanol–water partition coefficient (Wildman–Crippen LogP) is 4.33. The zero-order valence-electron chi connectivity index (χ0n) is 15.4. The number of carbonyl (C=O) groups excluding carboxylic acids is 1. The monoisotopic (exact) mass is 368 g/mol. The van der Waals surface area contributed by atoms with Crippen molar-refractivity contribution < 1.29 is 28.2 Å². The van der Waals surface area contributed by atoms with Crippen molar-refractivity contribution in [3.8, 4) is 28.6 Å². The van der Waals surface area contributed by atoms with E-state index in [0.717, 1.165) is 11.3 Å². The van der Waals surface area contributed by atoms with Gasteiger partial charge in [-0.3, -0.25) is 0 Å². The van der Waals surface area contributed by atoms with Crippen molar-refractivity contribution in [1.29, 1.82) is 0 Å². The molecule has 0 aliphatic carbocycles. The molecule has 140 valence electrons. The summed E-state index contributed by atoms with van der Waals surface area (Å²) in [4.78, 5) is 12.4. The summed E-state index contributed by atoms with van der Waals surface area (Å²) in [6.45, 7) is 0.0162. The van der Waals surface area contributed by atoms with E-state index >= 15 is 0 Å². The average molecular weight is 368 g/mol. The number of carbonyl (C=O) groups is 1. The first-order valence-corrected chi connectivity index (χ1v) is 8.27. The highest BCUT2D eigenvalue weighted by Gasteiger charge is 2.18. The number of rotatable bonds is 7. The fourth-order valence-corrected chi connectivity index (χ4v) is 2.63. The molecular formula is C21H20O6. The molecule has 1 aromatic heterocycles. The van der Waals surface area contributed by atoms with Gasteiger partial charge in [0.15, 0.2) is 11.5 Å². The van der Waals surface area contributed by atoms with Gasteiger partial charge in [0.1, 0.15) is 18.1 Å². The van der Waals surface area contributed by atoms with Crippen LogP contribution in [-0.2, 0) is 11.3 Å². The third kappa shape index (κ3) is 4.06. The van der Waals surface area contributed by atoms with E-state index in [0.29, 0.717) is 28.6 Å². The molecule has 6 nitrogen and oxygen atoms in total. The maximum Gasteiger partial charge on any atom is 0.338 e. The van der Waals surface area contributed by atoms with Gasteiger partial charge in [-0.2, -0.15) is 0 Å². The Morgan fingerprint density at radius 2 is 1.56 bits per heavy atom. The minimum absolute atomic E-state index is 0.0162. The van der Waals surface area contributed by atoms with Crippen molar-refractivity contribution >= 4 is 5.97 Å². The highest BCUT2D eigenvalue weighted by Crippen LogP contribution is 2.38. The molecule has 3 aromatic rings. The summed E-state index contributed by atoms with van der Waals surface area (Å²) >= 11 is 0. The first-order valence-electron chi connectivity index (χ1n) is 8.27. The molecular weight excluding hydrogens is 348 g/mol. The number of esters is 1. The van der Waals surface area contributed by atoms with Gasteiger partial charge in [-0.25, -0.2) is 4.79 Å². The fourth-order valence-electron chi connectivity index (χ4n) is 2.63. The molecule has 0 atom stereocenters. The number of furan rings is 1. The van der Waals surface area contributed by atoms with Crippen LogP contribution in [0.5, 0.6) is 17.2 Å². The predicted molar refractivity (Wildman–Crippen MR) is 99.4 cm³/mol. The van der Waals surface area contributed by atoms with E-state index in [-0.39, 0.29) is 6.61 Å². The van der Waals surface area contributed by atoms with Crippen molar-refractivity contribution in [2.24, 2.45) is 0 Å². The molecule has 0 fully saturated rings. The van der Waals surface area contributed by atoms with E-state index in [9.17, 15) is 4.79 Å². The van der Waals surface area contributed by atoms with E-state index in [1.807, 2.05) is 36.4 Å². The quantitative estimate of drug-likeness (QED) is 0.578. The smallest absolute Gasteiger partial charge is 0.338 e. The molecule has 0 aliphatic heterocycles. The number of hydrogen-bond donors (Lipinski definition) is 0. The Hall–Kier alpha value is -3.41. The van der Waals surface area contributed by atoms with Crippen LogP contribution in [0, 0.1) is 0 Å². The number of ether oxygens (including phenoxy) is 4. The second kappa shape index (κ2) is 8.31. The molecule has 6 heteroatoms. The highest BCUT2D eigenvalue weighted by molar-refractivity contribution is 5.91. The molecule has 0 saturated heterocycles. The summed E-state index contributed by atoms with van der Waals surface area (Å²) in [5.41, 5.74) is 1.25. The molecule has 3 rings (SSSR count). The molecule has 0 bridgehead atoms. The maximum absolute atomic E-state index is 12.4. The van der Waals surface area contributed by atoms with Crippen molar-refractivity contribution in [3.63, 3.8) is 0 Å². The van der Waals surface area contributed by atoms with Crippen molar-refractivity contribution in [2.75, 3.05) is 21.3 Å². The van der Waals surface area contributed by atoms with E-state index < -0.39 is 5.97 Å². The summed E-state index contributed by atoms with van der Waals surface area (Å²) in [6, 6.07) is 16.4. The molecule has 0 saturated carbocycles. The van der Waals surface area contributed by atoms with Gasteiger partial charge in [0.05, 0.1) is 26.9 Å². The van der Waals surface area contributed by atoms with Crippen molar-refractivity contribution in [3.05, 3.63) is 65.9 Å². The highest BCUT2D eigenvalue weighted by atomic mass is 16.5. The van der Waals surface area contributed by atoms with Crippen LogP contribution >= 0.6 is 0 Å². The van der Waals surface area contributed by atoms with Gasteiger partial charge in [-0.05, 0) is 24.3 Å². The molecule has 2 aromatic carbocycles. The van der Waals surface area contributed by atoms with Crippen LogP contribution < -0.4 is 14.2 Å². The Balaban J connectivity index is 1.72. The lowest BCUT2D eigenvalue weighted by Crippen LogP contribution is -2.06. The van der Waals surface area contributed by atoms with Crippen LogP contribution in [0.25, 0.3) is 11.3 Å². The summed E-state index contributed by atoms with van der Waals surface area (Å²) in [5, 5.41) is 0. The van der Waals surface area contributed by atoms with Crippen LogP contribution in [-0.4, -0.2) is 27.3 Å². The Morgan fingerprint density at radius 3 is 2.15 bits per heavy atom. The Bertz CT molecular complexity index is 888. The second-order valence-electron chi connectivity index (χ2n) is 5.62. The van der Waals surface area contributed by atoms with Gasteiger partial charge >= 0.3 is 5.97 Å². The summed E-state index contributed by atoms with van der Waals surface area (Å²) < 4.78 is 26.8. The summed E-state index contributed by atoms with van der Waals surface area (Å²) in [6.07, 6.45) is 0. The lowest BCUT2D eigenvalue weighted by molar-refractivity contribution is 0.0445. The fraction of sp³-hybridized carbons (Fsp3) is 0.190. The van der Waals surface area contributed by atoms with E-state index in [1.54, 1.807) is 18.2 Å². The third-order valence-corrected chi connectivity index (χ3v) is 3.97. The van der Waals surface area contributed by atoms with Gasteiger partial charge in [-0.15, -0.1) is 0 Å². The standard InChI is InChI=1S/C21H20O6/c1-23-18-11-15(12-19(24-2)20(18)25-3)21(22)26-13-16-9-10-17(27-16)14-7-5-4-6-8-14/h4-12H,13H2,1-3H3. The lowest BCUT2D eigenvalue weighted by Gasteiger charge is -2.13.